The van der Waals surface area contributed by atoms with E-state index in [1.165, 1.54) is 12.1 Å². The first-order valence-electron chi connectivity index (χ1n) is 9.36. The third-order valence-corrected chi connectivity index (χ3v) is 4.55. The minimum atomic E-state index is -0.640. The van der Waals surface area contributed by atoms with Crippen LogP contribution in [-0.4, -0.2) is 47.0 Å². The quantitative estimate of drug-likeness (QED) is 0.539. The average Bonchev–Trinajstić information content (AvgIpc) is 3.11. The van der Waals surface area contributed by atoms with Crippen molar-refractivity contribution in [3.8, 4) is 11.5 Å². The minimum Gasteiger partial charge on any atom is -0.453 e. The maximum Gasteiger partial charge on any atom is 0.226 e. The van der Waals surface area contributed by atoms with Crippen LogP contribution in [0.15, 0.2) is 42.7 Å². The SMILES string of the molecule is CN(C)CCC(C)(N)CC(=O)Nc1ccc(Oc2ccnc3[nH]ccc23)c(F)c1. The van der Waals surface area contributed by atoms with Gasteiger partial charge in [0.05, 0.1) is 5.39 Å². The smallest absolute Gasteiger partial charge is 0.226 e. The first-order valence-corrected chi connectivity index (χ1v) is 9.36. The zero-order chi connectivity index (χ0) is 21.0. The molecule has 0 aliphatic rings. The molecule has 1 atom stereocenters. The molecule has 0 radical (unpaired) electrons. The van der Waals surface area contributed by atoms with Gasteiger partial charge in [-0.2, -0.15) is 0 Å². The van der Waals surface area contributed by atoms with Gasteiger partial charge < -0.3 is 25.7 Å². The number of nitrogens with zero attached hydrogens (tertiary/aromatic N) is 2. The molecule has 0 aliphatic heterocycles. The molecule has 8 heteroatoms. The van der Waals surface area contributed by atoms with Crippen LogP contribution >= 0.6 is 0 Å². The highest BCUT2D eigenvalue weighted by molar-refractivity contribution is 5.91. The Bertz CT molecular complexity index is 1000. The maximum atomic E-state index is 14.5. The number of carbonyl (C=O) groups excluding carboxylic acids is 1. The largest absolute Gasteiger partial charge is 0.453 e. The van der Waals surface area contributed by atoms with Gasteiger partial charge in [-0.1, -0.05) is 0 Å². The van der Waals surface area contributed by atoms with Crippen LogP contribution in [0.4, 0.5) is 10.1 Å². The number of amides is 1. The fourth-order valence-electron chi connectivity index (χ4n) is 2.94. The summed E-state index contributed by atoms with van der Waals surface area (Å²) in [6.45, 7) is 2.62. The van der Waals surface area contributed by atoms with E-state index in [1.807, 2.05) is 32.0 Å². The summed E-state index contributed by atoms with van der Waals surface area (Å²) in [5, 5.41) is 3.45. The lowest BCUT2D eigenvalue weighted by atomic mass is 9.94. The van der Waals surface area contributed by atoms with Crippen LogP contribution < -0.4 is 15.8 Å². The number of benzene rings is 1. The highest BCUT2D eigenvalue weighted by atomic mass is 19.1. The highest BCUT2D eigenvalue weighted by Gasteiger charge is 2.23. The molecule has 0 saturated carbocycles. The van der Waals surface area contributed by atoms with Crippen molar-refractivity contribution in [2.24, 2.45) is 5.73 Å². The molecule has 0 saturated heterocycles. The molecule has 154 valence electrons. The van der Waals surface area contributed by atoms with Crippen molar-refractivity contribution in [3.05, 3.63) is 48.5 Å². The fraction of sp³-hybridized carbons (Fsp3) is 0.333. The van der Waals surface area contributed by atoms with Crippen LogP contribution in [0.5, 0.6) is 11.5 Å². The van der Waals surface area contributed by atoms with Gasteiger partial charge in [0.15, 0.2) is 11.6 Å². The number of nitrogens with two attached hydrogens (primary N) is 1. The number of ether oxygens (including phenoxy) is 1. The minimum absolute atomic E-state index is 0.0614. The Kier molecular flexibility index (Phi) is 6.14. The summed E-state index contributed by atoms with van der Waals surface area (Å²) in [6, 6.07) is 7.79. The van der Waals surface area contributed by atoms with E-state index >= 15 is 0 Å². The van der Waals surface area contributed by atoms with E-state index in [2.05, 4.69) is 15.3 Å². The van der Waals surface area contributed by atoms with Crippen molar-refractivity contribution in [1.82, 2.24) is 14.9 Å². The summed E-state index contributed by atoms with van der Waals surface area (Å²) >= 11 is 0. The molecule has 7 nitrogen and oxygen atoms in total. The summed E-state index contributed by atoms with van der Waals surface area (Å²) in [6.07, 6.45) is 4.14. The number of H-pyrrole nitrogens is 1. The van der Waals surface area contributed by atoms with E-state index in [0.717, 1.165) is 11.9 Å². The highest BCUT2D eigenvalue weighted by Crippen LogP contribution is 2.31. The van der Waals surface area contributed by atoms with E-state index < -0.39 is 11.4 Å². The second-order valence-electron chi connectivity index (χ2n) is 7.73. The van der Waals surface area contributed by atoms with E-state index in [0.29, 0.717) is 23.5 Å². The number of carbonyl (C=O) groups is 1. The van der Waals surface area contributed by atoms with Crippen LogP contribution in [0.3, 0.4) is 0 Å². The molecule has 4 N–H and O–H groups in total. The number of nitrogens with one attached hydrogen (secondary N) is 2. The van der Waals surface area contributed by atoms with Gasteiger partial charge in [-0.15, -0.1) is 0 Å². The van der Waals surface area contributed by atoms with Crippen molar-refractivity contribution in [1.29, 1.82) is 0 Å². The average molecular weight is 399 g/mol. The number of aromatic amines is 1. The van der Waals surface area contributed by atoms with Crippen molar-refractivity contribution in [3.63, 3.8) is 0 Å². The number of halogens is 1. The Balaban J connectivity index is 1.65. The van der Waals surface area contributed by atoms with E-state index in [4.69, 9.17) is 10.5 Å². The van der Waals surface area contributed by atoms with Crippen molar-refractivity contribution >= 4 is 22.6 Å². The van der Waals surface area contributed by atoms with Gasteiger partial charge in [-0.25, -0.2) is 9.37 Å². The summed E-state index contributed by atoms with van der Waals surface area (Å²) in [5.41, 5.74) is 6.58. The number of rotatable bonds is 8. The predicted octanol–water partition coefficient (Wildman–Crippen LogP) is 3.49. The van der Waals surface area contributed by atoms with Gasteiger partial charge >= 0.3 is 0 Å². The van der Waals surface area contributed by atoms with Gasteiger partial charge in [0.1, 0.15) is 11.4 Å². The Morgan fingerprint density at radius 3 is 2.83 bits per heavy atom. The van der Waals surface area contributed by atoms with Gasteiger partial charge in [0.2, 0.25) is 5.91 Å². The number of hydrogen-bond donors (Lipinski definition) is 3. The van der Waals surface area contributed by atoms with Gasteiger partial charge in [0.25, 0.3) is 0 Å². The normalized spacial score (nSPS) is 13.4. The first kappa shape index (κ1) is 20.8. The molecule has 0 fully saturated rings. The van der Waals surface area contributed by atoms with E-state index in [-0.39, 0.29) is 18.1 Å². The zero-order valence-corrected chi connectivity index (χ0v) is 16.8. The van der Waals surface area contributed by atoms with Crippen molar-refractivity contribution in [2.75, 3.05) is 26.0 Å². The van der Waals surface area contributed by atoms with Crippen LogP contribution in [0, 0.1) is 5.82 Å². The van der Waals surface area contributed by atoms with Crippen LogP contribution in [-0.2, 0) is 4.79 Å². The lowest BCUT2D eigenvalue weighted by Gasteiger charge is -2.25. The predicted molar refractivity (Wildman–Crippen MR) is 112 cm³/mol. The van der Waals surface area contributed by atoms with Crippen LogP contribution in [0.2, 0.25) is 0 Å². The second-order valence-corrected chi connectivity index (χ2v) is 7.73. The monoisotopic (exact) mass is 399 g/mol. The molecular formula is C21H26FN5O2. The van der Waals surface area contributed by atoms with Crippen molar-refractivity contribution in [2.45, 2.75) is 25.3 Å². The number of aromatic nitrogens is 2. The summed E-state index contributed by atoms with van der Waals surface area (Å²) in [4.78, 5) is 21.5. The molecule has 2 heterocycles. The third-order valence-electron chi connectivity index (χ3n) is 4.55. The Morgan fingerprint density at radius 1 is 1.31 bits per heavy atom. The zero-order valence-electron chi connectivity index (χ0n) is 16.8. The topological polar surface area (TPSA) is 96.3 Å². The Hall–Kier alpha value is -2.97. The molecule has 1 unspecified atom stereocenters. The van der Waals surface area contributed by atoms with Gasteiger partial charge in [-0.3, -0.25) is 4.79 Å². The number of hydrogen-bond acceptors (Lipinski definition) is 5. The Morgan fingerprint density at radius 2 is 2.10 bits per heavy atom. The fourth-order valence-corrected chi connectivity index (χ4v) is 2.94. The number of anilines is 1. The third kappa shape index (κ3) is 5.52. The van der Waals surface area contributed by atoms with Crippen LogP contribution in [0.1, 0.15) is 19.8 Å². The molecule has 29 heavy (non-hydrogen) atoms. The summed E-state index contributed by atoms with van der Waals surface area (Å²) in [7, 11) is 3.91. The molecule has 1 aromatic carbocycles. The van der Waals surface area contributed by atoms with E-state index in [1.54, 1.807) is 24.5 Å². The first-order chi connectivity index (χ1) is 13.7. The summed E-state index contributed by atoms with van der Waals surface area (Å²) < 4.78 is 20.2. The number of fused-ring (bicyclic) bond motifs is 1. The molecule has 2 aromatic heterocycles. The lowest BCUT2D eigenvalue weighted by Crippen LogP contribution is -2.42. The standard InChI is InChI=1S/C21H26FN5O2/c1-21(23,8-11-27(2)3)13-19(28)26-14-4-5-18(16(22)12-14)29-17-7-10-25-20-15(17)6-9-24-20/h4-7,9-10,12H,8,11,13,23H2,1-3H3,(H,24,25)(H,26,28). The van der Waals surface area contributed by atoms with Crippen molar-refractivity contribution < 1.29 is 13.9 Å². The van der Waals surface area contributed by atoms with Crippen LogP contribution in [0.25, 0.3) is 11.0 Å². The molecule has 3 rings (SSSR count). The summed E-state index contributed by atoms with van der Waals surface area (Å²) in [5.74, 6) is -0.283. The second kappa shape index (κ2) is 8.59. The number of pyridine rings is 1. The Labute approximate surface area is 169 Å². The van der Waals surface area contributed by atoms with E-state index in [9.17, 15) is 9.18 Å². The van der Waals surface area contributed by atoms with Gasteiger partial charge in [0, 0.05) is 36.1 Å². The van der Waals surface area contributed by atoms with Gasteiger partial charge in [-0.05, 0) is 58.3 Å². The molecule has 0 bridgehead atoms. The molecule has 0 aliphatic carbocycles. The molecular weight excluding hydrogens is 373 g/mol. The molecule has 3 aromatic rings. The molecule has 0 spiro atoms. The maximum absolute atomic E-state index is 14.5. The lowest BCUT2D eigenvalue weighted by molar-refractivity contribution is -0.117. The molecule has 1 amide bonds.